The molecule has 1 fully saturated rings. The van der Waals surface area contributed by atoms with Crippen LogP contribution in [0.4, 0.5) is 16.0 Å². The van der Waals surface area contributed by atoms with Gasteiger partial charge in [0.05, 0.1) is 16.1 Å². The summed E-state index contributed by atoms with van der Waals surface area (Å²) >= 11 is 0. The first-order valence-electron chi connectivity index (χ1n) is 9.98. The number of nitrogens with two attached hydrogens (primary N) is 1. The second-order valence-electron chi connectivity index (χ2n) is 7.92. The summed E-state index contributed by atoms with van der Waals surface area (Å²) in [6, 6.07) is 8.65. The smallest absolute Gasteiger partial charge is 0.229 e. The van der Waals surface area contributed by atoms with Gasteiger partial charge < -0.3 is 15.0 Å². The molecule has 2 aliphatic rings. The van der Waals surface area contributed by atoms with Crippen LogP contribution < -0.4 is 15.8 Å². The van der Waals surface area contributed by atoms with Gasteiger partial charge in [-0.25, -0.2) is 18.7 Å². The number of rotatable bonds is 3. The zero-order valence-corrected chi connectivity index (χ0v) is 17.0. The van der Waals surface area contributed by atoms with Crippen molar-refractivity contribution >= 4 is 33.7 Å². The molecular weight excluding hydrogens is 407 g/mol. The highest BCUT2D eigenvalue weighted by Crippen LogP contribution is 2.45. The summed E-state index contributed by atoms with van der Waals surface area (Å²) in [5.74, 6) is 0.361. The minimum atomic E-state index is -1.54. The van der Waals surface area contributed by atoms with Crippen molar-refractivity contribution in [2.45, 2.75) is 55.1 Å². The molecule has 1 saturated carbocycles. The number of aliphatic hydroxyl groups is 1. The fraction of sp³-hybridized carbons (Fsp3) is 0.400. The van der Waals surface area contributed by atoms with Gasteiger partial charge in [0.2, 0.25) is 5.95 Å². The van der Waals surface area contributed by atoms with E-state index in [0.29, 0.717) is 40.7 Å². The van der Waals surface area contributed by atoms with E-state index in [9.17, 15) is 9.32 Å². The van der Waals surface area contributed by atoms with E-state index in [-0.39, 0.29) is 0 Å². The van der Waals surface area contributed by atoms with E-state index in [2.05, 4.69) is 20.6 Å². The second-order valence-corrected chi connectivity index (χ2v) is 8.99. The Bertz CT molecular complexity index is 1110. The van der Waals surface area contributed by atoms with E-state index < -0.39 is 29.0 Å². The van der Waals surface area contributed by atoms with Crippen molar-refractivity contribution in [3.05, 3.63) is 42.2 Å². The Kier molecular flexibility index (Phi) is 4.81. The number of fused-ring (bicyclic) bond motifs is 4. The standard InChI is InChI=1S/C20H23FN6O2S/c21-18-20(8-2-1-3-9-20)27-15(17(28)26-18)10-12-11-23-19(25-16(12)27)24-13-4-6-14(7-5-13)30(22)29/h4-7,10-11,17-18,26,28H,1-3,8-9,22H2,(H,23,24,25). The second kappa shape index (κ2) is 7.38. The van der Waals surface area contributed by atoms with Gasteiger partial charge >= 0.3 is 0 Å². The summed E-state index contributed by atoms with van der Waals surface area (Å²) in [7, 11) is -1.54. The fourth-order valence-corrected chi connectivity index (χ4v) is 5.08. The molecule has 1 aromatic carbocycles. The van der Waals surface area contributed by atoms with Gasteiger partial charge in [0.25, 0.3) is 0 Å². The maximum Gasteiger partial charge on any atom is 0.229 e. The molecule has 3 heterocycles. The van der Waals surface area contributed by atoms with Gasteiger partial charge in [-0.1, -0.05) is 19.3 Å². The molecule has 5 rings (SSSR count). The van der Waals surface area contributed by atoms with Crippen LogP contribution in [0.1, 0.15) is 44.0 Å². The third kappa shape index (κ3) is 3.11. The molecule has 30 heavy (non-hydrogen) atoms. The predicted molar refractivity (Wildman–Crippen MR) is 112 cm³/mol. The van der Waals surface area contributed by atoms with Gasteiger partial charge in [0.1, 0.15) is 22.9 Å². The summed E-state index contributed by atoms with van der Waals surface area (Å²) in [4.78, 5) is 9.56. The number of nitrogens with zero attached hydrogens (tertiary/aromatic N) is 3. The average Bonchev–Trinajstić information content (AvgIpc) is 3.14. The Labute approximate surface area is 175 Å². The molecule has 5 N–H and O–H groups in total. The number of alkyl halides is 1. The molecule has 0 saturated heterocycles. The number of hydrogen-bond acceptors (Lipinski definition) is 6. The molecule has 8 nitrogen and oxygen atoms in total. The number of hydrogen-bond donors (Lipinski definition) is 4. The molecule has 1 aliphatic heterocycles. The zero-order valence-electron chi connectivity index (χ0n) is 16.2. The van der Waals surface area contributed by atoms with Crippen LogP contribution in [0.25, 0.3) is 11.0 Å². The van der Waals surface area contributed by atoms with Crippen LogP contribution in [0.15, 0.2) is 41.4 Å². The van der Waals surface area contributed by atoms with E-state index in [1.807, 2.05) is 10.6 Å². The van der Waals surface area contributed by atoms with Gasteiger partial charge in [-0.3, -0.25) is 5.32 Å². The summed E-state index contributed by atoms with van der Waals surface area (Å²) in [5.41, 5.74) is 1.17. The van der Waals surface area contributed by atoms with Crippen LogP contribution in [0.3, 0.4) is 0 Å². The molecule has 2 aromatic heterocycles. The van der Waals surface area contributed by atoms with Gasteiger partial charge in [-0.05, 0) is 43.2 Å². The van der Waals surface area contributed by atoms with Gasteiger partial charge in [-0.15, -0.1) is 0 Å². The van der Waals surface area contributed by atoms with Crippen molar-refractivity contribution in [3.63, 3.8) is 0 Å². The fourth-order valence-electron chi connectivity index (χ4n) is 4.67. The summed E-state index contributed by atoms with van der Waals surface area (Å²) in [6.07, 6.45) is 3.55. The summed E-state index contributed by atoms with van der Waals surface area (Å²) in [6.45, 7) is 0. The first-order valence-corrected chi connectivity index (χ1v) is 11.2. The van der Waals surface area contributed by atoms with Crippen LogP contribution in [0.5, 0.6) is 0 Å². The van der Waals surface area contributed by atoms with E-state index >= 15 is 4.39 Å². The SMILES string of the molecule is NS(=O)c1ccc(Nc2ncc3cc4n(c3n2)C2(CCCCC2)C(F)NC4O)cc1. The van der Waals surface area contributed by atoms with Crippen LogP contribution in [-0.4, -0.2) is 30.1 Å². The molecule has 0 radical (unpaired) electrons. The van der Waals surface area contributed by atoms with Crippen molar-refractivity contribution in [1.29, 1.82) is 0 Å². The Morgan fingerprint density at radius 3 is 2.70 bits per heavy atom. The number of aliphatic hydroxyl groups excluding tert-OH is 1. The zero-order chi connectivity index (χ0) is 20.9. The third-order valence-electron chi connectivity index (χ3n) is 6.13. The summed E-state index contributed by atoms with van der Waals surface area (Å²) in [5, 5.41) is 22.4. The molecule has 0 bridgehead atoms. The molecule has 3 aromatic rings. The molecule has 1 spiro atoms. The predicted octanol–water partition coefficient (Wildman–Crippen LogP) is 2.71. The minimum Gasteiger partial charge on any atom is -0.373 e. The quantitative estimate of drug-likeness (QED) is 0.475. The van der Waals surface area contributed by atoms with Crippen LogP contribution in [0, 0.1) is 0 Å². The van der Waals surface area contributed by atoms with E-state index in [4.69, 9.17) is 5.14 Å². The van der Waals surface area contributed by atoms with E-state index in [1.165, 1.54) is 0 Å². The summed E-state index contributed by atoms with van der Waals surface area (Å²) < 4.78 is 28.5. The van der Waals surface area contributed by atoms with Gasteiger partial charge in [-0.2, -0.15) is 4.98 Å². The van der Waals surface area contributed by atoms with Crippen molar-refractivity contribution in [2.75, 3.05) is 5.32 Å². The van der Waals surface area contributed by atoms with Crippen LogP contribution in [0.2, 0.25) is 0 Å². The minimum absolute atomic E-state index is 0.361. The van der Waals surface area contributed by atoms with Crippen molar-refractivity contribution in [2.24, 2.45) is 5.14 Å². The molecule has 1 aliphatic carbocycles. The Balaban J connectivity index is 1.57. The number of anilines is 2. The van der Waals surface area contributed by atoms with Crippen LogP contribution in [-0.2, 0) is 16.5 Å². The highest BCUT2D eigenvalue weighted by Gasteiger charge is 2.48. The highest BCUT2D eigenvalue weighted by atomic mass is 32.2. The van der Waals surface area contributed by atoms with Crippen LogP contribution >= 0.6 is 0 Å². The maximum atomic E-state index is 15.2. The largest absolute Gasteiger partial charge is 0.373 e. The third-order valence-corrected chi connectivity index (χ3v) is 6.87. The lowest BCUT2D eigenvalue weighted by atomic mass is 9.79. The molecule has 10 heteroatoms. The Morgan fingerprint density at radius 2 is 2.00 bits per heavy atom. The van der Waals surface area contributed by atoms with E-state index in [0.717, 1.165) is 24.6 Å². The first kappa shape index (κ1) is 19.6. The lowest BCUT2D eigenvalue weighted by Crippen LogP contribution is -2.56. The van der Waals surface area contributed by atoms with E-state index in [1.54, 1.807) is 30.5 Å². The normalized spacial score (nSPS) is 24.0. The molecule has 3 atom stereocenters. The monoisotopic (exact) mass is 430 g/mol. The molecule has 3 unspecified atom stereocenters. The van der Waals surface area contributed by atoms with Crippen molar-refractivity contribution < 1.29 is 13.7 Å². The number of aromatic nitrogens is 3. The highest BCUT2D eigenvalue weighted by molar-refractivity contribution is 7.82. The maximum absolute atomic E-state index is 15.2. The molecular formula is C20H23FN6O2S. The Morgan fingerprint density at radius 1 is 1.27 bits per heavy atom. The van der Waals surface area contributed by atoms with Crippen molar-refractivity contribution in [3.8, 4) is 0 Å². The lowest BCUT2D eigenvalue weighted by Gasteiger charge is -2.46. The first-order chi connectivity index (χ1) is 14.5. The average molecular weight is 431 g/mol. The molecule has 0 amide bonds. The number of benzene rings is 1. The van der Waals surface area contributed by atoms with Gasteiger partial charge in [0.15, 0.2) is 6.30 Å². The molecule has 158 valence electrons. The lowest BCUT2D eigenvalue weighted by molar-refractivity contribution is -0.0355. The number of halogens is 1. The Hall–Kier alpha value is -2.40. The number of nitrogens with one attached hydrogen (secondary N) is 2. The van der Waals surface area contributed by atoms with Gasteiger partial charge in [0, 0.05) is 17.3 Å². The topological polar surface area (TPSA) is 118 Å². The van der Waals surface area contributed by atoms with Crippen molar-refractivity contribution in [1.82, 2.24) is 19.9 Å².